The second-order valence-electron chi connectivity index (χ2n) is 10.8. The number of urea groups is 1. The van der Waals surface area contributed by atoms with E-state index in [1.165, 1.54) is 24.3 Å². The van der Waals surface area contributed by atoms with Crippen molar-refractivity contribution in [3.63, 3.8) is 0 Å². The summed E-state index contributed by atoms with van der Waals surface area (Å²) in [5.41, 5.74) is 14.2. The van der Waals surface area contributed by atoms with Gasteiger partial charge in [0, 0.05) is 42.2 Å². The van der Waals surface area contributed by atoms with Crippen LogP contribution in [0.25, 0.3) is 10.4 Å². The van der Waals surface area contributed by atoms with Gasteiger partial charge in [0.25, 0.3) is 5.69 Å². The number of nitrogens with zero attached hydrogens (tertiary/aromatic N) is 4. The highest BCUT2D eigenvalue weighted by Crippen LogP contribution is 2.18. The van der Waals surface area contributed by atoms with E-state index in [1.54, 1.807) is 38.1 Å². The van der Waals surface area contributed by atoms with E-state index in [9.17, 15) is 34.1 Å². The van der Waals surface area contributed by atoms with Gasteiger partial charge in [-0.2, -0.15) is 0 Å². The van der Waals surface area contributed by atoms with Crippen LogP contribution < -0.4 is 31.7 Å². The largest absolute Gasteiger partial charge is 0.514 e. The van der Waals surface area contributed by atoms with E-state index in [0.29, 0.717) is 30.5 Å². The first-order valence-electron chi connectivity index (χ1n) is 15.0. The van der Waals surface area contributed by atoms with Gasteiger partial charge in [-0.25, -0.2) is 9.59 Å². The summed E-state index contributed by atoms with van der Waals surface area (Å²) in [6, 6.07) is 8.50. The van der Waals surface area contributed by atoms with Crippen molar-refractivity contribution in [1.82, 2.24) is 16.0 Å². The van der Waals surface area contributed by atoms with Crippen LogP contribution in [0.4, 0.5) is 21.0 Å². The monoisotopic (exact) mass is 669 g/mol. The average Bonchev–Trinajstić information content (AvgIpc) is 3.04. The number of rotatable bonds is 19. The number of hydrogen-bond donors (Lipinski definition) is 5. The molecule has 2 atom stereocenters. The first-order chi connectivity index (χ1) is 22.9. The summed E-state index contributed by atoms with van der Waals surface area (Å²) < 4.78 is 10.1. The quantitative estimate of drug-likeness (QED) is 0.0212. The minimum Gasteiger partial charge on any atom is -0.429 e. The highest BCUT2D eigenvalue weighted by molar-refractivity contribution is 5.98. The molecular weight excluding hydrogens is 630 g/mol. The molecule has 2 aromatic carbocycles. The molecule has 0 aliphatic heterocycles. The lowest BCUT2D eigenvalue weighted by molar-refractivity contribution is -0.384. The van der Waals surface area contributed by atoms with Crippen molar-refractivity contribution in [2.75, 3.05) is 18.4 Å². The van der Waals surface area contributed by atoms with Gasteiger partial charge < -0.3 is 36.5 Å². The maximum absolute atomic E-state index is 13.3. The fourth-order valence-corrected chi connectivity index (χ4v) is 4.16. The molecular formula is C30H39N9O9. The number of primary amides is 1. The van der Waals surface area contributed by atoms with Crippen molar-refractivity contribution in [1.29, 1.82) is 0 Å². The van der Waals surface area contributed by atoms with Gasteiger partial charge in [-0.05, 0) is 67.0 Å². The van der Waals surface area contributed by atoms with Crippen LogP contribution in [0, 0.1) is 16.0 Å². The third-order valence-electron chi connectivity index (χ3n) is 6.67. The Morgan fingerprint density at radius 2 is 1.67 bits per heavy atom. The maximum atomic E-state index is 13.3. The van der Waals surface area contributed by atoms with Crippen molar-refractivity contribution >= 4 is 41.3 Å². The van der Waals surface area contributed by atoms with E-state index in [0.717, 1.165) is 0 Å². The number of nitrogens with two attached hydrogens (primary N) is 1. The number of hydrogen-bond acceptors (Lipinski definition) is 10. The molecule has 0 aliphatic rings. The van der Waals surface area contributed by atoms with Gasteiger partial charge in [0.15, 0.2) is 0 Å². The van der Waals surface area contributed by atoms with Crippen LogP contribution in [0.3, 0.4) is 0 Å². The number of carbonyl (C=O) groups is 5. The van der Waals surface area contributed by atoms with E-state index in [-0.39, 0.29) is 55.8 Å². The van der Waals surface area contributed by atoms with Crippen LogP contribution in [0.5, 0.6) is 5.75 Å². The van der Waals surface area contributed by atoms with E-state index in [4.69, 9.17) is 20.7 Å². The molecule has 5 amide bonds. The molecule has 0 radical (unpaired) electrons. The van der Waals surface area contributed by atoms with Gasteiger partial charge in [0.05, 0.1) is 4.92 Å². The number of nitro benzene ring substituents is 1. The van der Waals surface area contributed by atoms with Crippen molar-refractivity contribution in [3.05, 3.63) is 74.7 Å². The molecule has 258 valence electrons. The van der Waals surface area contributed by atoms with Crippen LogP contribution in [0.2, 0.25) is 0 Å². The van der Waals surface area contributed by atoms with Gasteiger partial charge in [0.1, 0.15) is 24.4 Å². The summed E-state index contributed by atoms with van der Waals surface area (Å²) in [6.07, 6.45) is 0.527. The minimum absolute atomic E-state index is 0.0664. The summed E-state index contributed by atoms with van der Waals surface area (Å²) in [5.74, 6) is -1.72. The molecule has 0 bridgehead atoms. The summed E-state index contributed by atoms with van der Waals surface area (Å²) in [4.78, 5) is 74.9. The summed E-state index contributed by atoms with van der Waals surface area (Å²) in [6.45, 7) is 3.76. The highest BCUT2D eigenvalue weighted by atomic mass is 16.7. The standard InChI is InChI=1S/C30H39N9O9/c1-19(2)26(37-25(40)7-3-4-17-34-38-32)28(42)36-24(6-5-16-33-29(31)43)27(41)35-21-10-8-20(9-11-21)18-47-30(44)48-23-14-12-22(13-15-23)39(45)46/h8-15,19,24,26H,3-7,16-18H2,1-2H3,(H,35,41)(H,36,42)(H,37,40)(H3,31,33,43)/t24-,26-/m0/s1. The highest BCUT2D eigenvalue weighted by Gasteiger charge is 2.28. The van der Waals surface area contributed by atoms with Gasteiger partial charge >= 0.3 is 12.2 Å². The average molecular weight is 670 g/mol. The van der Waals surface area contributed by atoms with E-state index < -0.39 is 41.0 Å². The first kappa shape index (κ1) is 38.3. The molecule has 0 saturated carbocycles. The maximum Gasteiger partial charge on any atom is 0.514 e. The number of azide groups is 1. The lowest BCUT2D eigenvalue weighted by Gasteiger charge is -2.25. The molecule has 0 aromatic heterocycles. The number of nitrogens with one attached hydrogen (secondary N) is 4. The van der Waals surface area contributed by atoms with Crippen LogP contribution in [0.15, 0.2) is 53.6 Å². The Labute approximate surface area is 275 Å². The van der Waals surface area contributed by atoms with E-state index >= 15 is 0 Å². The predicted molar refractivity (Wildman–Crippen MR) is 172 cm³/mol. The molecule has 0 spiro atoms. The Morgan fingerprint density at radius 3 is 2.27 bits per heavy atom. The lowest BCUT2D eigenvalue weighted by atomic mass is 10.0. The Balaban J connectivity index is 1.98. The SMILES string of the molecule is CC(C)[C@H](NC(=O)CCCCN=[N+]=[N-])C(=O)N[C@@H](CCCNC(N)=O)C(=O)Nc1ccc(COC(=O)Oc2ccc([N+](=O)[O-])cc2)cc1. The first-order valence-corrected chi connectivity index (χ1v) is 15.0. The normalized spacial score (nSPS) is 11.6. The molecule has 0 saturated heterocycles. The van der Waals surface area contributed by atoms with Gasteiger partial charge in [-0.15, -0.1) is 0 Å². The topological polar surface area (TPSA) is 270 Å². The number of carbonyl (C=O) groups excluding carboxylic acids is 5. The molecule has 0 heterocycles. The number of benzene rings is 2. The smallest absolute Gasteiger partial charge is 0.429 e. The number of ether oxygens (including phenoxy) is 2. The zero-order valence-electron chi connectivity index (χ0n) is 26.5. The molecule has 0 fully saturated rings. The van der Waals surface area contributed by atoms with Crippen LogP contribution in [0.1, 0.15) is 51.5 Å². The molecule has 18 heteroatoms. The number of amides is 5. The summed E-state index contributed by atoms with van der Waals surface area (Å²) in [7, 11) is 0. The van der Waals surface area contributed by atoms with E-state index in [2.05, 4.69) is 31.3 Å². The second kappa shape index (κ2) is 20.3. The number of unbranched alkanes of at least 4 members (excludes halogenated alkanes) is 1. The molecule has 0 aliphatic carbocycles. The zero-order chi connectivity index (χ0) is 35.5. The third-order valence-corrected chi connectivity index (χ3v) is 6.67. The summed E-state index contributed by atoms with van der Waals surface area (Å²) in [5, 5.41) is 24.7. The fourth-order valence-electron chi connectivity index (χ4n) is 4.16. The molecule has 0 unspecified atom stereocenters. The van der Waals surface area contributed by atoms with Gasteiger partial charge in [-0.3, -0.25) is 24.5 Å². The van der Waals surface area contributed by atoms with Gasteiger partial charge in [0.2, 0.25) is 17.7 Å². The van der Waals surface area contributed by atoms with E-state index in [1.807, 2.05) is 0 Å². The van der Waals surface area contributed by atoms with Crippen molar-refractivity contribution in [2.45, 2.75) is 64.6 Å². The van der Waals surface area contributed by atoms with Crippen LogP contribution in [-0.4, -0.2) is 60.0 Å². The molecule has 2 aromatic rings. The molecule has 6 N–H and O–H groups in total. The van der Waals surface area contributed by atoms with Crippen LogP contribution in [-0.2, 0) is 25.7 Å². The van der Waals surface area contributed by atoms with Crippen molar-refractivity contribution < 1.29 is 38.4 Å². The Bertz CT molecular complexity index is 1460. The Hall–Kier alpha value is -5.90. The lowest BCUT2D eigenvalue weighted by Crippen LogP contribution is -2.54. The molecule has 48 heavy (non-hydrogen) atoms. The molecule has 2 rings (SSSR count). The Morgan fingerprint density at radius 1 is 0.979 bits per heavy atom. The third kappa shape index (κ3) is 14.5. The predicted octanol–water partition coefficient (Wildman–Crippen LogP) is 3.80. The van der Waals surface area contributed by atoms with Crippen molar-refractivity contribution in [3.8, 4) is 5.75 Å². The Kier molecular flexibility index (Phi) is 16.2. The number of nitro groups is 1. The fraction of sp³-hybridized carbons (Fsp3) is 0.433. The van der Waals surface area contributed by atoms with Crippen LogP contribution >= 0.6 is 0 Å². The minimum atomic E-state index is -1.04. The summed E-state index contributed by atoms with van der Waals surface area (Å²) >= 11 is 0. The molecule has 18 nitrogen and oxygen atoms in total. The number of anilines is 1. The van der Waals surface area contributed by atoms with Gasteiger partial charge in [-0.1, -0.05) is 31.1 Å². The number of non-ortho nitro benzene ring substituents is 1. The van der Waals surface area contributed by atoms with Crippen molar-refractivity contribution in [2.24, 2.45) is 16.8 Å². The second-order valence-corrected chi connectivity index (χ2v) is 10.8. The zero-order valence-corrected chi connectivity index (χ0v) is 26.5.